The van der Waals surface area contributed by atoms with E-state index in [9.17, 15) is 19.5 Å². The van der Waals surface area contributed by atoms with E-state index in [4.69, 9.17) is 9.47 Å². The normalized spacial score (nSPS) is 13.5. The molecule has 2 N–H and O–H groups in total. The third-order valence-electron chi connectivity index (χ3n) is 3.94. The Labute approximate surface area is 160 Å². The molecule has 0 fully saturated rings. The molecule has 0 saturated carbocycles. The number of carboxylic acid groups (broad SMARTS) is 1. The lowest BCUT2D eigenvalue weighted by Crippen LogP contribution is -2.48. The number of carbonyl (C=O) groups is 3. The van der Waals surface area contributed by atoms with Crippen LogP contribution >= 0.6 is 0 Å². The zero-order chi connectivity index (χ0) is 20.1. The Kier molecular flexibility index (Phi) is 5.59. The molecule has 144 valence electrons. The van der Waals surface area contributed by atoms with Gasteiger partial charge in [-0.15, -0.1) is 0 Å². The number of benzene rings is 2. The molecule has 0 radical (unpaired) electrons. The Morgan fingerprint density at radius 1 is 1.07 bits per heavy atom. The van der Waals surface area contributed by atoms with Crippen LogP contribution in [0.3, 0.4) is 0 Å². The number of fused-ring (bicyclic) bond motifs is 1. The molecule has 2 aromatic rings. The Balaban J connectivity index is 1.88. The fourth-order valence-electron chi connectivity index (χ4n) is 2.45. The summed E-state index contributed by atoms with van der Waals surface area (Å²) < 4.78 is 10.5. The first-order valence-corrected chi connectivity index (χ1v) is 8.43. The van der Waals surface area contributed by atoms with Crippen molar-refractivity contribution >= 4 is 23.9 Å². The maximum atomic E-state index is 12.5. The van der Waals surface area contributed by atoms with Crippen LogP contribution in [0.15, 0.2) is 54.2 Å². The van der Waals surface area contributed by atoms with Crippen LogP contribution < -0.4 is 25.2 Å². The third-order valence-corrected chi connectivity index (χ3v) is 3.94. The van der Waals surface area contributed by atoms with Gasteiger partial charge in [0.2, 0.25) is 6.79 Å². The number of hydrogen-bond donors (Lipinski definition) is 2. The van der Waals surface area contributed by atoms with E-state index in [0.717, 1.165) is 0 Å². The first-order chi connectivity index (χ1) is 13.4. The SMILES string of the molecule is C[C@H](NC(=O)C(=Cc1ccc2c(c1)OCO2)NC(=O)c1ccccc1)C(=O)[O-]. The van der Waals surface area contributed by atoms with Crippen LogP contribution in [0.4, 0.5) is 0 Å². The molecule has 1 heterocycles. The molecule has 1 aliphatic rings. The van der Waals surface area contributed by atoms with Crippen LogP contribution in [0.25, 0.3) is 6.08 Å². The number of carboxylic acids is 1. The first-order valence-electron chi connectivity index (χ1n) is 8.43. The van der Waals surface area contributed by atoms with Gasteiger partial charge in [0.05, 0.1) is 12.0 Å². The molecule has 0 bridgehead atoms. The van der Waals surface area contributed by atoms with Crippen molar-refractivity contribution in [3.63, 3.8) is 0 Å². The minimum atomic E-state index is -1.44. The van der Waals surface area contributed by atoms with Crippen molar-refractivity contribution in [1.82, 2.24) is 10.6 Å². The number of carbonyl (C=O) groups excluding carboxylic acids is 3. The van der Waals surface area contributed by atoms with Crippen molar-refractivity contribution < 1.29 is 29.0 Å². The minimum Gasteiger partial charge on any atom is -0.548 e. The van der Waals surface area contributed by atoms with E-state index in [-0.39, 0.29) is 12.5 Å². The van der Waals surface area contributed by atoms with Crippen LogP contribution in [0, 0.1) is 0 Å². The van der Waals surface area contributed by atoms with E-state index < -0.39 is 23.8 Å². The molecule has 2 amide bonds. The predicted octanol–water partition coefficient (Wildman–Crippen LogP) is 0.441. The highest BCUT2D eigenvalue weighted by Gasteiger charge is 2.18. The van der Waals surface area contributed by atoms with Gasteiger partial charge in [-0.1, -0.05) is 24.3 Å². The van der Waals surface area contributed by atoms with Crippen molar-refractivity contribution in [3.05, 3.63) is 65.4 Å². The summed E-state index contributed by atoms with van der Waals surface area (Å²) in [7, 11) is 0. The van der Waals surface area contributed by atoms with E-state index in [2.05, 4.69) is 10.6 Å². The second kappa shape index (κ2) is 8.26. The van der Waals surface area contributed by atoms with Crippen molar-refractivity contribution in [2.24, 2.45) is 0 Å². The van der Waals surface area contributed by atoms with Gasteiger partial charge in [0, 0.05) is 5.56 Å². The lowest BCUT2D eigenvalue weighted by molar-refractivity contribution is -0.307. The van der Waals surface area contributed by atoms with Crippen molar-refractivity contribution in [1.29, 1.82) is 0 Å². The largest absolute Gasteiger partial charge is 0.548 e. The molecule has 1 aliphatic heterocycles. The highest BCUT2D eigenvalue weighted by Crippen LogP contribution is 2.33. The van der Waals surface area contributed by atoms with E-state index in [1.807, 2.05) is 0 Å². The van der Waals surface area contributed by atoms with E-state index in [1.165, 1.54) is 13.0 Å². The maximum absolute atomic E-state index is 12.5. The summed E-state index contributed by atoms with van der Waals surface area (Å²) in [5.41, 5.74) is 0.782. The molecule has 0 aliphatic carbocycles. The number of hydrogen-bond acceptors (Lipinski definition) is 6. The quantitative estimate of drug-likeness (QED) is 0.702. The number of ether oxygens (including phenoxy) is 2. The van der Waals surface area contributed by atoms with Crippen LogP contribution in [0.5, 0.6) is 11.5 Å². The topological polar surface area (TPSA) is 117 Å². The molecular weight excluding hydrogens is 364 g/mol. The zero-order valence-electron chi connectivity index (χ0n) is 14.9. The first kappa shape index (κ1) is 19.0. The molecule has 0 spiro atoms. The van der Waals surface area contributed by atoms with Gasteiger partial charge < -0.3 is 30.0 Å². The molecule has 3 rings (SSSR count). The molecule has 2 aromatic carbocycles. The van der Waals surface area contributed by atoms with Crippen molar-refractivity contribution in [2.75, 3.05) is 6.79 Å². The Morgan fingerprint density at radius 3 is 2.50 bits per heavy atom. The second-order valence-corrected chi connectivity index (χ2v) is 6.01. The number of nitrogens with one attached hydrogen (secondary N) is 2. The van der Waals surface area contributed by atoms with Crippen LogP contribution in [0.1, 0.15) is 22.8 Å². The van der Waals surface area contributed by atoms with Crippen molar-refractivity contribution in [3.8, 4) is 11.5 Å². The summed E-state index contributed by atoms with van der Waals surface area (Å²) >= 11 is 0. The standard InChI is InChI=1S/C20H18N2O6/c1-12(20(25)26)21-19(24)15(22-18(23)14-5-3-2-4-6-14)9-13-7-8-16-17(10-13)28-11-27-16/h2-10,12H,11H2,1H3,(H,21,24)(H,22,23)(H,25,26)/p-1/t12-/m0/s1. The number of rotatable bonds is 6. The smallest absolute Gasteiger partial charge is 0.268 e. The molecule has 0 unspecified atom stereocenters. The van der Waals surface area contributed by atoms with Gasteiger partial charge in [0.15, 0.2) is 11.5 Å². The third kappa shape index (κ3) is 4.47. The minimum absolute atomic E-state index is 0.101. The Morgan fingerprint density at radius 2 is 1.79 bits per heavy atom. The summed E-state index contributed by atoms with van der Waals surface area (Å²) in [5, 5.41) is 15.7. The molecule has 8 heteroatoms. The van der Waals surface area contributed by atoms with E-state index in [0.29, 0.717) is 22.6 Å². The van der Waals surface area contributed by atoms with Crippen LogP contribution in [-0.2, 0) is 9.59 Å². The monoisotopic (exact) mass is 381 g/mol. The van der Waals surface area contributed by atoms with Gasteiger partial charge in [0.1, 0.15) is 5.70 Å². The fraction of sp³-hybridized carbons (Fsp3) is 0.150. The molecule has 0 aromatic heterocycles. The zero-order valence-corrected chi connectivity index (χ0v) is 14.9. The van der Waals surface area contributed by atoms with Gasteiger partial charge in [-0.25, -0.2) is 0 Å². The average Bonchev–Trinajstić information content (AvgIpc) is 3.15. The molecule has 28 heavy (non-hydrogen) atoms. The molecular formula is C20H17N2O6-. The van der Waals surface area contributed by atoms with Crippen molar-refractivity contribution in [2.45, 2.75) is 13.0 Å². The van der Waals surface area contributed by atoms with Gasteiger partial charge in [-0.2, -0.15) is 0 Å². The summed E-state index contributed by atoms with van der Waals surface area (Å²) in [6, 6.07) is 12.1. The Bertz CT molecular complexity index is 939. The molecule has 0 saturated heterocycles. The summed E-state index contributed by atoms with van der Waals surface area (Å²) in [4.78, 5) is 35.9. The maximum Gasteiger partial charge on any atom is 0.268 e. The Hall–Kier alpha value is -3.81. The predicted molar refractivity (Wildman–Crippen MR) is 97.1 cm³/mol. The highest BCUT2D eigenvalue weighted by atomic mass is 16.7. The van der Waals surface area contributed by atoms with Crippen LogP contribution in [0.2, 0.25) is 0 Å². The van der Waals surface area contributed by atoms with Gasteiger partial charge in [-0.05, 0) is 42.8 Å². The van der Waals surface area contributed by atoms with Gasteiger partial charge >= 0.3 is 0 Å². The summed E-state index contributed by atoms with van der Waals surface area (Å²) in [6.45, 7) is 1.37. The summed E-state index contributed by atoms with van der Waals surface area (Å²) in [6.07, 6.45) is 1.42. The second-order valence-electron chi connectivity index (χ2n) is 6.01. The summed E-state index contributed by atoms with van der Waals surface area (Å²) in [5.74, 6) is -1.64. The molecule has 1 atom stereocenters. The molecule has 8 nitrogen and oxygen atoms in total. The fourth-order valence-corrected chi connectivity index (χ4v) is 2.45. The van der Waals surface area contributed by atoms with E-state index in [1.54, 1.807) is 48.5 Å². The van der Waals surface area contributed by atoms with Gasteiger partial charge in [0.25, 0.3) is 11.8 Å². The number of amides is 2. The number of aliphatic carboxylic acids is 1. The lowest BCUT2D eigenvalue weighted by Gasteiger charge is -2.17. The van der Waals surface area contributed by atoms with Crippen LogP contribution in [-0.4, -0.2) is 30.6 Å². The lowest BCUT2D eigenvalue weighted by atomic mass is 10.1. The average molecular weight is 381 g/mol. The van der Waals surface area contributed by atoms with Gasteiger partial charge in [-0.3, -0.25) is 9.59 Å². The van der Waals surface area contributed by atoms with E-state index >= 15 is 0 Å². The highest BCUT2D eigenvalue weighted by molar-refractivity contribution is 6.06.